The zero-order chi connectivity index (χ0) is 14.9. The van der Waals surface area contributed by atoms with Crippen molar-refractivity contribution < 1.29 is 9.84 Å². The van der Waals surface area contributed by atoms with E-state index in [9.17, 15) is 5.11 Å². The lowest BCUT2D eigenvalue weighted by Gasteiger charge is -2.31. The zero-order valence-corrected chi connectivity index (χ0v) is 13.1. The maximum absolute atomic E-state index is 9.99. The normalized spacial score (nSPS) is 24.1. The van der Waals surface area contributed by atoms with Gasteiger partial charge in [-0.05, 0) is 24.8 Å². The van der Waals surface area contributed by atoms with Gasteiger partial charge in [-0.25, -0.2) is 0 Å². The molecule has 3 unspecified atom stereocenters. The van der Waals surface area contributed by atoms with E-state index in [2.05, 4.69) is 17.3 Å². The lowest BCUT2D eigenvalue weighted by atomic mass is 9.85. The van der Waals surface area contributed by atoms with Gasteiger partial charge in [0, 0.05) is 25.5 Å². The highest BCUT2D eigenvalue weighted by Crippen LogP contribution is 2.29. The summed E-state index contributed by atoms with van der Waals surface area (Å²) < 4.78 is 7.82. The Kier molecular flexibility index (Phi) is 7.19. The number of rotatable bonds is 9. The fourth-order valence-corrected chi connectivity index (χ4v) is 3.05. The molecule has 2 N–H and O–H groups in total. The molecular weight excluding hydrogens is 266 g/mol. The molecule has 3 atom stereocenters. The summed E-state index contributed by atoms with van der Waals surface area (Å²) in [5.74, 6) is 0.679. The minimum absolute atomic E-state index is 0.350. The van der Waals surface area contributed by atoms with E-state index in [1.165, 1.54) is 25.7 Å². The van der Waals surface area contributed by atoms with Crippen molar-refractivity contribution in [3.05, 3.63) is 18.5 Å². The molecule has 1 aliphatic carbocycles. The molecule has 0 spiro atoms. The number of nitrogens with zero attached hydrogens (tertiary/aromatic N) is 2. The van der Waals surface area contributed by atoms with Gasteiger partial charge >= 0.3 is 0 Å². The van der Waals surface area contributed by atoms with Crippen molar-refractivity contribution in [3.63, 3.8) is 0 Å². The summed E-state index contributed by atoms with van der Waals surface area (Å²) in [6.07, 6.45) is 9.84. The lowest BCUT2D eigenvalue weighted by Crippen LogP contribution is -2.36. The Balaban J connectivity index is 1.55. The van der Waals surface area contributed by atoms with Gasteiger partial charge in [-0.3, -0.25) is 4.68 Å². The Hall–Kier alpha value is -0.910. The van der Waals surface area contributed by atoms with Crippen molar-refractivity contribution in [2.24, 2.45) is 5.92 Å². The van der Waals surface area contributed by atoms with Crippen LogP contribution in [0.4, 0.5) is 0 Å². The van der Waals surface area contributed by atoms with Crippen molar-refractivity contribution in [2.75, 3.05) is 19.7 Å². The second-order valence-corrected chi connectivity index (χ2v) is 5.95. The summed E-state index contributed by atoms with van der Waals surface area (Å²) >= 11 is 0. The van der Waals surface area contributed by atoms with Gasteiger partial charge in [-0.15, -0.1) is 0 Å². The number of aliphatic hydroxyl groups is 1. The van der Waals surface area contributed by atoms with Crippen molar-refractivity contribution in [1.29, 1.82) is 0 Å². The Labute approximate surface area is 127 Å². The van der Waals surface area contributed by atoms with Gasteiger partial charge in [0.05, 0.1) is 25.4 Å². The average molecular weight is 295 g/mol. The van der Waals surface area contributed by atoms with Gasteiger partial charge in [0.1, 0.15) is 0 Å². The highest BCUT2D eigenvalue weighted by molar-refractivity contribution is 4.78. The summed E-state index contributed by atoms with van der Waals surface area (Å²) in [7, 11) is 0. The number of hydrogen-bond acceptors (Lipinski definition) is 4. The Morgan fingerprint density at radius 2 is 2.29 bits per heavy atom. The zero-order valence-electron chi connectivity index (χ0n) is 13.1. The predicted molar refractivity (Wildman–Crippen MR) is 83.1 cm³/mol. The molecule has 0 aromatic carbocycles. The minimum Gasteiger partial charge on any atom is -0.389 e. The Morgan fingerprint density at radius 1 is 1.43 bits per heavy atom. The third-order valence-corrected chi connectivity index (χ3v) is 4.32. The monoisotopic (exact) mass is 295 g/mol. The molecule has 5 nitrogen and oxygen atoms in total. The maximum atomic E-state index is 9.99. The molecule has 120 valence electrons. The number of aromatic nitrogens is 2. The Morgan fingerprint density at radius 3 is 3.05 bits per heavy atom. The smallest absolute Gasteiger partial charge is 0.0897 e. The summed E-state index contributed by atoms with van der Waals surface area (Å²) in [6.45, 7) is 4.88. The lowest BCUT2D eigenvalue weighted by molar-refractivity contribution is -0.0498. The van der Waals surface area contributed by atoms with Crippen LogP contribution in [0.1, 0.15) is 39.0 Å². The van der Waals surface area contributed by atoms with E-state index in [0.717, 1.165) is 19.5 Å². The molecule has 1 fully saturated rings. The molecule has 0 saturated heterocycles. The highest BCUT2D eigenvalue weighted by atomic mass is 16.5. The van der Waals surface area contributed by atoms with E-state index in [4.69, 9.17) is 4.74 Å². The van der Waals surface area contributed by atoms with Crippen LogP contribution in [0.15, 0.2) is 18.5 Å². The molecular formula is C16H29N3O2. The van der Waals surface area contributed by atoms with Crippen LogP contribution >= 0.6 is 0 Å². The van der Waals surface area contributed by atoms with E-state index in [1.54, 1.807) is 6.20 Å². The number of nitrogens with one attached hydrogen (secondary N) is 1. The largest absolute Gasteiger partial charge is 0.389 e. The van der Waals surface area contributed by atoms with Gasteiger partial charge in [-0.1, -0.05) is 26.2 Å². The fraction of sp³-hybridized carbons (Fsp3) is 0.812. The molecule has 0 bridgehead atoms. The van der Waals surface area contributed by atoms with E-state index < -0.39 is 6.10 Å². The van der Waals surface area contributed by atoms with Crippen LogP contribution in [0.2, 0.25) is 0 Å². The van der Waals surface area contributed by atoms with Crippen LogP contribution in [0.5, 0.6) is 0 Å². The van der Waals surface area contributed by atoms with E-state index in [-0.39, 0.29) is 0 Å². The summed E-state index contributed by atoms with van der Waals surface area (Å²) in [5.41, 5.74) is 0. The van der Waals surface area contributed by atoms with E-state index in [1.807, 2.05) is 16.9 Å². The number of hydrogen-bond donors (Lipinski definition) is 2. The Bertz CT molecular complexity index is 370. The van der Waals surface area contributed by atoms with Crippen molar-refractivity contribution in [2.45, 2.75) is 57.8 Å². The topological polar surface area (TPSA) is 59.3 Å². The quantitative estimate of drug-likeness (QED) is 0.682. The molecule has 1 aromatic rings. The van der Waals surface area contributed by atoms with Crippen LogP contribution in [0.3, 0.4) is 0 Å². The maximum Gasteiger partial charge on any atom is 0.0897 e. The first-order valence-corrected chi connectivity index (χ1v) is 8.27. The molecule has 2 rings (SSSR count). The molecule has 0 aliphatic heterocycles. The summed E-state index contributed by atoms with van der Waals surface area (Å²) in [6, 6.07) is 1.91. The van der Waals surface area contributed by atoms with Crippen LogP contribution < -0.4 is 5.32 Å². The molecule has 1 saturated carbocycles. The summed E-state index contributed by atoms with van der Waals surface area (Å²) in [5, 5.41) is 17.4. The van der Waals surface area contributed by atoms with Gasteiger partial charge < -0.3 is 15.2 Å². The molecule has 0 radical (unpaired) electrons. The third kappa shape index (κ3) is 5.77. The van der Waals surface area contributed by atoms with Gasteiger partial charge in [0.15, 0.2) is 0 Å². The fourth-order valence-electron chi connectivity index (χ4n) is 3.05. The molecule has 1 aliphatic rings. The first-order chi connectivity index (χ1) is 10.3. The number of aliphatic hydroxyl groups excluding tert-OH is 1. The average Bonchev–Trinajstić information content (AvgIpc) is 3.03. The van der Waals surface area contributed by atoms with E-state index >= 15 is 0 Å². The predicted octanol–water partition coefficient (Wildman–Crippen LogP) is 1.82. The van der Waals surface area contributed by atoms with Gasteiger partial charge in [-0.2, -0.15) is 5.10 Å². The molecule has 5 heteroatoms. The first kappa shape index (κ1) is 16.5. The standard InChI is InChI=1S/C16H29N3O2/c1-2-14-6-3-4-7-16(14)21-13-15(20)12-17-9-11-19-10-5-8-18-19/h5,8,10,14-17,20H,2-4,6-7,9,11-13H2,1H3. The third-order valence-electron chi connectivity index (χ3n) is 4.32. The highest BCUT2D eigenvalue weighted by Gasteiger charge is 2.24. The number of ether oxygens (including phenoxy) is 1. The van der Waals surface area contributed by atoms with Crippen molar-refractivity contribution >= 4 is 0 Å². The molecule has 21 heavy (non-hydrogen) atoms. The molecule has 1 heterocycles. The SMILES string of the molecule is CCC1CCCCC1OCC(O)CNCCn1cccn1. The van der Waals surface area contributed by atoms with Gasteiger partial charge in [0.2, 0.25) is 0 Å². The van der Waals surface area contributed by atoms with Crippen LogP contribution in [0.25, 0.3) is 0 Å². The summed E-state index contributed by atoms with van der Waals surface area (Å²) in [4.78, 5) is 0. The first-order valence-electron chi connectivity index (χ1n) is 8.27. The van der Waals surface area contributed by atoms with Crippen LogP contribution in [-0.2, 0) is 11.3 Å². The van der Waals surface area contributed by atoms with Crippen molar-refractivity contribution in [3.8, 4) is 0 Å². The van der Waals surface area contributed by atoms with Gasteiger partial charge in [0.25, 0.3) is 0 Å². The molecule has 1 aromatic heterocycles. The molecule has 0 amide bonds. The second-order valence-electron chi connectivity index (χ2n) is 5.95. The minimum atomic E-state index is -0.429. The van der Waals surface area contributed by atoms with Crippen LogP contribution in [0, 0.1) is 5.92 Å². The van der Waals surface area contributed by atoms with Crippen molar-refractivity contribution in [1.82, 2.24) is 15.1 Å². The second kappa shape index (κ2) is 9.18. The van der Waals surface area contributed by atoms with E-state index in [0.29, 0.717) is 25.2 Å². The van der Waals surface area contributed by atoms with Crippen LogP contribution in [-0.4, -0.2) is 46.8 Å².